The number of carbonyl (C=O) groups excluding carboxylic acids is 1. The van der Waals surface area contributed by atoms with Crippen molar-refractivity contribution in [3.63, 3.8) is 0 Å². The molecule has 0 bridgehead atoms. The van der Waals surface area contributed by atoms with Crippen molar-refractivity contribution < 1.29 is 9.21 Å². The number of nitrogens with one attached hydrogen (secondary N) is 3. The van der Waals surface area contributed by atoms with Crippen molar-refractivity contribution in [1.29, 1.82) is 0 Å². The highest BCUT2D eigenvalue weighted by molar-refractivity contribution is 6.32. The van der Waals surface area contributed by atoms with E-state index in [1.54, 1.807) is 24.4 Å². The summed E-state index contributed by atoms with van der Waals surface area (Å²) in [4.78, 5) is 23.8. The van der Waals surface area contributed by atoms with E-state index in [2.05, 4.69) is 31.1 Å². The Kier molecular flexibility index (Phi) is 4.43. The van der Waals surface area contributed by atoms with Crippen molar-refractivity contribution in [3.05, 3.63) is 54.0 Å². The molecule has 3 rings (SSSR count). The first-order chi connectivity index (χ1) is 11.6. The minimum absolute atomic E-state index is 0.149. The van der Waals surface area contributed by atoms with Crippen molar-refractivity contribution in [2.75, 3.05) is 16.5 Å². The van der Waals surface area contributed by atoms with Crippen LogP contribution in [0, 0.1) is 0 Å². The van der Waals surface area contributed by atoms with Crippen LogP contribution in [0.25, 0.3) is 0 Å². The molecule has 0 spiro atoms. The molecule has 0 saturated heterocycles. The van der Waals surface area contributed by atoms with Gasteiger partial charge in [-0.25, -0.2) is 15.0 Å². The van der Waals surface area contributed by atoms with Crippen LogP contribution < -0.4 is 21.9 Å². The second-order valence-electron chi connectivity index (χ2n) is 4.51. The van der Waals surface area contributed by atoms with Crippen LogP contribution in [-0.4, -0.2) is 20.9 Å². The molecule has 5 N–H and O–H groups in total. The zero-order valence-electron chi connectivity index (χ0n) is 12.2. The molecular weight excluding hydrogens is 334 g/mol. The number of aromatic nitrogens is 3. The lowest BCUT2D eigenvalue weighted by Crippen LogP contribution is -2.30. The summed E-state index contributed by atoms with van der Waals surface area (Å²) in [6.07, 6.45) is 4.24. The largest absolute Gasteiger partial charge is 0.459 e. The number of furan rings is 1. The van der Waals surface area contributed by atoms with Gasteiger partial charge in [-0.2, -0.15) is 0 Å². The number of anilines is 4. The van der Waals surface area contributed by atoms with E-state index in [1.807, 2.05) is 0 Å². The molecule has 0 aliphatic rings. The van der Waals surface area contributed by atoms with E-state index in [1.165, 1.54) is 18.7 Å². The maximum Gasteiger partial charge on any atom is 0.305 e. The smallest absolute Gasteiger partial charge is 0.305 e. The molecule has 0 aliphatic heterocycles. The first kappa shape index (κ1) is 15.6. The van der Waals surface area contributed by atoms with Crippen molar-refractivity contribution in [1.82, 2.24) is 20.4 Å². The summed E-state index contributed by atoms with van der Waals surface area (Å²) in [6.45, 7) is 0. The van der Waals surface area contributed by atoms with Gasteiger partial charge in [-0.05, 0) is 24.3 Å². The van der Waals surface area contributed by atoms with E-state index in [4.69, 9.17) is 21.8 Å². The molecule has 0 unspecified atom stereocenters. The van der Waals surface area contributed by atoms with Crippen molar-refractivity contribution in [3.8, 4) is 0 Å². The average molecular weight is 346 g/mol. The normalized spacial score (nSPS) is 10.2. The number of hydrogen-bond acceptors (Lipinski definition) is 8. The summed E-state index contributed by atoms with van der Waals surface area (Å²) in [5.74, 6) is 0.209. The van der Waals surface area contributed by atoms with Gasteiger partial charge >= 0.3 is 5.91 Å². The molecule has 3 aromatic heterocycles. The Hall–Kier alpha value is -3.33. The summed E-state index contributed by atoms with van der Waals surface area (Å²) < 4.78 is 4.98. The lowest BCUT2D eigenvalue weighted by atomic mass is 10.4. The molecule has 0 radical (unpaired) electrons. The second-order valence-corrected chi connectivity index (χ2v) is 4.87. The third kappa shape index (κ3) is 3.36. The number of nitrogens with zero attached hydrogens (tertiary/aromatic N) is 3. The molecular formula is C14H12ClN7O2. The quantitative estimate of drug-likeness (QED) is 0.409. The van der Waals surface area contributed by atoms with E-state index in [9.17, 15) is 4.79 Å². The molecule has 0 aromatic carbocycles. The Balaban J connectivity index is 1.74. The van der Waals surface area contributed by atoms with Crippen LogP contribution in [0.4, 0.5) is 23.0 Å². The van der Waals surface area contributed by atoms with Crippen LogP contribution in [-0.2, 0) is 0 Å². The lowest BCUT2D eigenvalue weighted by Gasteiger charge is -2.13. The third-order valence-corrected chi connectivity index (χ3v) is 3.24. The van der Waals surface area contributed by atoms with Crippen LogP contribution in [0.5, 0.6) is 0 Å². The Morgan fingerprint density at radius 1 is 1.17 bits per heavy atom. The number of hydrazine groups is 1. The van der Waals surface area contributed by atoms with E-state index in [0.717, 1.165) is 0 Å². The molecule has 122 valence electrons. The highest BCUT2D eigenvalue weighted by Crippen LogP contribution is 2.27. The highest BCUT2D eigenvalue weighted by Gasteiger charge is 2.12. The maximum absolute atomic E-state index is 11.8. The van der Waals surface area contributed by atoms with Crippen molar-refractivity contribution >= 4 is 40.5 Å². The van der Waals surface area contributed by atoms with Gasteiger partial charge in [0, 0.05) is 6.20 Å². The standard InChI is InChI=1S/C14H12ClN7O2/c15-11-8(3-1-5-17-11)20-12-10(16)13(19-7-18-12)21-22-14(23)9-4-2-6-24-9/h1-7H,16H2,(H,22,23)(H2,18,19,20,21). The number of carbonyl (C=O) groups is 1. The predicted molar refractivity (Wildman–Crippen MR) is 88.8 cm³/mol. The Bertz CT molecular complexity index is 854. The fraction of sp³-hybridized carbons (Fsp3) is 0. The first-order valence-electron chi connectivity index (χ1n) is 6.73. The summed E-state index contributed by atoms with van der Waals surface area (Å²) >= 11 is 5.99. The van der Waals surface area contributed by atoms with E-state index < -0.39 is 5.91 Å². The summed E-state index contributed by atoms with van der Waals surface area (Å²) in [5.41, 5.74) is 11.8. The van der Waals surface area contributed by atoms with Gasteiger partial charge in [-0.1, -0.05) is 11.6 Å². The fourth-order valence-corrected chi connectivity index (χ4v) is 1.95. The van der Waals surface area contributed by atoms with Crippen LogP contribution in [0.1, 0.15) is 10.6 Å². The Morgan fingerprint density at radius 3 is 2.75 bits per heavy atom. The number of nitrogens with two attached hydrogens (primary N) is 1. The van der Waals surface area contributed by atoms with Crippen LogP contribution >= 0.6 is 11.6 Å². The average Bonchev–Trinajstić information content (AvgIpc) is 3.12. The molecule has 24 heavy (non-hydrogen) atoms. The van der Waals surface area contributed by atoms with Crippen LogP contribution in [0.15, 0.2) is 47.5 Å². The molecule has 0 fully saturated rings. The Labute approximate surface area is 141 Å². The number of pyridine rings is 1. The van der Waals surface area contributed by atoms with Gasteiger partial charge in [0.1, 0.15) is 12.0 Å². The van der Waals surface area contributed by atoms with Gasteiger partial charge in [-0.15, -0.1) is 0 Å². The van der Waals surface area contributed by atoms with E-state index in [-0.39, 0.29) is 22.4 Å². The molecule has 3 aromatic rings. The summed E-state index contributed by atoms with van der Waals surface area (Å²) in [7, 11) is 0. The molecule has 3 heterocycles. The molecule has 9 nitrogen and oxygen atoms in total. The zero-order valence-corrected chi connectivity index (χ0v) is 12.9. The Morgan fingerprint density at radius 2 is 2.00 bits per heavy atom. The first-order valence-corrected chi connectivity index (χ1v) is 7.11. The van der Waals surface area contributed by atoms with Crippen molar-refractivity contribution in [2.45, 2.75) is 0 Å². The maximum atomic E-state index is 11.8. The molecule has 1 amide bonds. The monoisotopic (exact) mass is 345 g/mol. The highest BCUT2D eigenvalue weighted by atomic mass is 35.5. The van der Waals surface area contributed by atoms with Gasteiger partial charge in [0.05, 0.1) is 12.0 Å². The lowest BCUT2D eigenvalue weighted by molar-refractivity contribution is 0.0935. The van der Waals surface area contributed by atoms with Gasteiger partial charge < -0.3 is 15.5 Å². The van der Waals surface area contributed by atoms with E-state index in [0.29, 0.717) is 11.5 Å². The van der Waals surface area contributed by atoms with Crippen LogP contribution in [0.2, 0.25) is 5.15 Å². The molecule has 10 heteroatoms. The number of amides is 1. The number of nitrogen functional groups attached to an aromatic ring is 1. The SMILES string of the molecule is Nc1c(NNC(=O)c2ccco2)ncnc1Nc1cccnc1Cl. The topological polar surface area (TPSA) is 131 Å². The second kappa shape index (κ2) is 6.84. The molecule has 0 atom stereocenters. The summed E-state index contributed by atoms with van der Waals surface area (Å²) in [6, 6.07) is 6.57. The van der Waals surface area contributed by atoms with Crippen molar-refractivity contribution in [2.24, 2.45) is 0 Å². The number of halogens is 1. The minimum Gasteiger partial charge on any atom is -0.459 e. The number of rotatable bonds is 5. The third-order valence-electron chi connectivity index (χ3n) is 2.94. The van der Waals surface area contributed by atoms with E-state index >= 15 is 0 Å². The fourth-order valence-electron chi connectivity index (χ4n) is 1.79. The van der Waals surface area contributed by atoms with Gasteiger partial charge in [0.2, 0.25) is 0 Å². The van der Waals surface area contributed by atoms with Gasteiger partial charge in [0.15, 0.2) is 22.5 Å². The zero-order chi connectivity index (χ0) is 16.9. The molecule has 0 aliphatic carbocycles. The van der Waals surface area contributed by atoms with Gasteiger partial charge in [-0.3, -0.25) is 15.6 Å². The molecule has 0 saturated carbocycles. The number of hydrogen-bond donors (Lipinski definition) is 4. The van der Waals surface area contributed by atoms with Crippen LogP contribution in [0.3, 0.4) is 0 Å². The minimum atomic E-state index is -0.470. The predicted octanol–water partition coefficient (Wildman–Crippen LogP) is 2.20. The van der Waals surface area contributed by atoms with Gasteiger partial charge in [0.25, 0.3) is 0 Å². The summed E-state index contributed by atoms with van der Waals surface area (Å²) in [5, 5.41) is 3.23.